The summed E-state index contributed by atoms with van der Waals surface area (Å²) >= 11 is 0. The molecule has 20 heavy (non-hydrogen) atoms. The van der Waals surface area contributed by atoms with Crippen LogP contribution >= 0.6 is 0 Å². The molecule has 2 rings (SSSR count). The molecule has 0 amide bonds. The Kier molecular flexibility index (Phi) is 4.02. The fraction of sp³-hybridized carbons (Fsp3) is 0.438. The molecule has 0 saturated heterocycles. The van der Waals surface area contributed by atoms with Crippen molar-refractivity contribution in [1.82, 2.24) is 9.78 Å². The van der Waals surface area contributed by atoms with Gasteiger partial charge in [-0.15, -0.1) is 0 Å². The van der Waals surface area contributed by atoms with Crippen molar-refractivity contribution >= 4 is 5.82 Å². The predicted octanol–water partition coefficient (Wildman–Crippen LogP) is 2.92. The van der Waals surface area contributed by atoms with Crippen LogP contribution in [0.15, 0.2) is 30.3 Å². The van der Waals surface area contributed by atoms with E-state index in [1.54, 1.807) is 4.68 Å². The number of rotatable bonds is 4. The number of nitrogens with zero attached hydrogens (tertiary/aromatic N) is 2. The monoisotopic (exact) mass is 273 g/mol. The van der Waals surface area contributed by atoms with Crippen molar-refractivity contribution in [3.05, 3.63) is 41.6 Å². The van der Waals surface area contributed by atoms with Gasteiger partial charge in [-0.3, -0.25) is 4.68 Å². The van der Waals surface area contributed by atoms with Gasteiger partial charge in [-0.05, 0) is 17.0 Å². The van der Waals surface area contributed by atoms with Crippen molar-refractivity contribution in [3.63, 3.8) is 0 Å². The molecule has 0 aliphatic rings. The standard InChI is InChI=1S/C16H23N3O/c1-16(2,3)13-7-5-6-8-14(13)20-10-9-12-11-15(17)19(4)18-12/h5-8,11H,9-10,17H2,1-4H3. The number of benzene rings is 1. The maximum atomic E-state index is 5.93. The minimum atomic E-state index is 0.0754. The Hall–Kier alpha value is -1.97. The number of aromatic nitrogens is 2. The number of aryl methyl sites for hydroxylation is 1. The van der Waals surface area contributed by atoms with Gasteiger partial charge in [-0.1, -0.05) is 39.0 Å². The quantitative estimate of drug-likeness (QED) is 0.932. The van der Waals surface area contributed by atoms with Crippen molar-refractivity contribution in [1.29, 1.82) is 0 Å². The van der Waals surface area contributed by atoms with Crippen LogP contribution in [0.25, 0.3) is 0 Å². The van der Waals surface area contributed by atoms with Crippen molar-refractivity contribution in [2.75, 3.05) is 12.3 Å². The molecule has 0 atom stereocenters. The number of ether oxygens (including phenoxy) is 1. The van der Waals surface area contributed by atoms with Gasteiger partial charge in [0.05, 0.1) is 12.3 Å². The van der Waals surface area contributed by atoms with Crippen LogP contribution in [0.3, 0.4) is 0 Å². The van der Waals surface area contributed by atoms with Gasteiger partial charge in [0.2, 0.25) is 0 Å². The highest BCUT2D eigenvalue weighted by Gasteiger charge is 2.18. The van der Waals surface area contributed by atoms with E-state index in [-0.39, 0.29) is 5.41 Å². The Bertz CT molecular complexity index is 562. The highest BCUT2D eigenvalue weighted by atomic mass is 16.5. The maximum Gasteiger partial charge on any atom is 0.123 e. The second kappa shape index (κ2) is 5.57. The molecule has 2 N–H and O–H groups in total. The number of anilines is 1. The summed E-state index contributed by atoms with van der Waals surface area (Å²) in [6.07, 6.45) is 0.753. The minimum absolute atomic E-state index is 0.0754. The number of nitrogens with two attached hydrogens (primary N) is 1. The number of nitrogen functional groups attached to an aromatic ring is 1. The molecule has 0 radical (unpaired) electrons. The Morgan fingerprint density at radius 2 is 1.95 bits per heavy atom. The van der Waals surface area contributed by atoms with Crippen LogP contribution in [-0.4, -0.2) is 16.4 Å². The molecule has 0 unspecified atom stereocenters. The van der Waals surface area contributed by atoms with Crippen molar-refractivity contribution in [2.24, 2.45) is 7.05 Å². The molecule has 108 valence electrons. The summed E-state index contributed by atoms with van der Waals surface area (Å²) in [5, 5.41) is 4.32. The molecule has 0 aliphatic carbocycles. The predicted molar refractivity (Wildman–Crippen MR) is 82.0 cm³/mol. The molecule has 0 spiro atoms. The molecule has 4 nitrogen and oxygen atoms in total. The Labute approximate surface area is 120 Å². The van der Waals surface area contributed by atoms with E-state index in [2.05, 4.69) is 31.9 Å². The number of hydrogen-bond donors (Lipinski definition) is 1. The zero-order valence-electron chi connectivity index (χ0n) is 12.7. The van der Waals surface area contributed by atoms with Crippen molar-refractivity contribution in [3.8, 4) is 5.75 Å². The summed E-state index contributed by atoms with van der Waals surface area (Å²) in [6, 6.07) is 10.1. The van der Waals surface area contributed by atoms with Gasteiger partial charge in [0.15, 0.2) is 0 Å². The first-order valence-electron chi connectivity index (χ1n) is 6.88. The van der Waals surface area contributed by atoms with Crippen LogP contribution in [0.5, 0.6) is 5.75 Å². The number of hydrogen-bond acceptors (Lipinski definition) is 3. The number of para-hydroxylation sites is 1. The first-order chi connectivity index (χ1) is 9.38. The third-order valence-corrected chi connectivity index (χ3v) is 3.28. The summed E-state index contributed by atoms with van der Waals surface area (Å²) < 4.78 is 7.61. The highest BCUT2D eigenvalue weighted by molar-refractivity contribution is 5.38. The van der Waals surface area contributed by atoms with Crippen LogP contribution in [0.1, 0.15) is 32.0 Å². The van der Waals surface area contributed by atoms with E-state index in [0.717, 1.165) is 17.9 Å². The summed E-state index contributed by atoms with van der Waals surface area (Å²) in [6.45, 7) is 7.17. The molecular formula is C16H23N3O. The molecule has 4 heteroatoms. The van der Waals surface area contributed by atoms with Crippen LogP contribution in [-0.2, 0) is 18.9 Å². The molecule has 0 aliphatic heterocycles. The molecule has 1 aromatic carbocycles. The fourth-order valence-electron chi connectivity index (χ4n) is 2.14. The topological polar surface area (TPSA) is 53.1 Å². The molecule has 1 heterocycles. The van der Waals surface area contributed by atoms with Gasteiger partial charge in [0, 0.05) is 19.5 Å². The lowest BCUT2D eigenvalue weighted by Gasteiger charge is -2.22. The lowest BCUT2D eigenvalue weighted by atomic mass is 9.86. The van der Waals surface area contributed by atoms with E-state index >= 15 is 0 Å². The average molecular weight is 273 g/mol. The average Bonchev–Trinajstić information content (AvgIpc) is 2.68. The van der Waals surface area contributed by atoms with Gasteiger partial charge in [0.25, 0.3) is 0 Å². The van der Waals surface area contributed by atoms with Crippen molar-refractivity contribution in [2.45, 2.75) is 32.6 Å². The Morgan fingerprint density at radius 1 is 1.25 bits per heavy atom. The zero-order valence-corrected chi connectivity index (χ0v) is 12.7. The van der Waals surface area contributed by atoms with Gasteiger partial charge in [-0.2, -0.15) is 5.10 Å². The normalized spacial score (nSPS) is 11.6. The zero-order chi connectivity index (χ0) is 14.8. The van der Waals surface area contributed by atoms with Crippen LogP contribution < -0.4 is 10.5 Å². The van der Waals surface area contributed by atoms with Gasteiger partial charge >= 0.3 is 0 Å². The first-order valence-corrected chi connectivity index (χ1v) is 6.88. The fourth-order valence-corrected chi connectivity index (χ4v) is 2.14. The minimum Gasteiger partial charge on any atom is -0.493 e. The largest absolute Gasteiger partial charge is 0.493 e. The molecule has 0 fully saturated rings. The molecule has 2 aromatic rings. The summed E-state index contributed by atoms with van der Waals surface area (Å²) in [4.78, 5) is 0. The third-order valence-electron chi connectivity index (χ3n) is 3.28. The van der Waals surface area contributed by atoms with E-state index in [0.29, 0.717) is 12.4 Å². The van der Waals surface area contributed by atoms with Crippen LogP contribution in [0.4, 0.5) is 5.82 Å². The van der Waals surface area contributed by atoms with E-state index < -0.39 is 0 Å². The second-order valence-corrected chi connectivity index (χ2v) is 6.03. The van der Waals surface area contributed by atoms with E-state index in [9.17, 15) is 0 Å². The lowest BCUT2D eigenvalue weighted by molar-refractivity contribution is 0.311. The van der Waals surface area contributed by atoms with Crippen LogP contribution in [0.2, 0.25) is 0 Å². The summed E-state index contributed by atoms with van der Waals surface area (Å²) in [5.41, 5.74) is 8.02. The Balaban J connectivity index is 2.01. The van der Waals surface area contributed by atoms with Gasteiger partial charge in [0.1, 0.15) is 11.6 Å². The molecule has 0 bridgehead atoms. The highest BCUT2D eigenvalue weighted by Crippen LogP contribution is 2.30. The Morgan fingerprint density at radius 3 is 2.55 bits per heavy atom. The second-order valence-electron chi connectivity index (χ2n) is 6.03. The molecule has 1 aromatic heterocycles. The SMILES string of the molecule is Cn1nc(CCOc2ccccc2C(C)(C)C)cc1N. The molecule has 0 saturated carbocycles. The van der Waals surface area contributed by atoms with E-state index in [1.807, 2.05) is 31.3 Å². The van der Waals surface area contributed by atoms with Crippen LogP contribution in [0, 0.1) is 0 Å². The third kappa shape index (κ3) is 3.32. The maximum absolute atomic E-state index is 5.93. The van der Waals surface area contributed by atoms with E-state index in [1.165, 1.54) is 5.56 Å². The summed E-state index contributed by atoms with van der Waals surface area (Å²) in [5.74, 6) is 1.62. The smallest absolute Gasteiger partial charge is 0.123 e. The lowest BCUT2D eigenvalue weighted by Crippen LogP contribution is -2.14. The van der Waals surface area contributed by atoms with Crippen molar-refractivity contribution < 1.29 is 4.74 Å². The molecular weight excluding hydrogens is 250 g/mol. The summed E-state index contributed by atoms with van der Waals surface area (Å²) in [7, 11) is 1.84. The first kappa shape index (κ1) is 14.4. The van der Waals surface area contributed by atoms with Gasteiger partial charge in [-0.25, -0.2) is 0 Å². The van der Waals surface area contributed by atoms with Gasteiger partial charge < -0.3 is 10.5 Å². The van der Waals surface area contributed by atoms with E-state index in [4.69, 9.17) is 10.5 Å².